The second-order valence-corrected chi connectivity index (χ2v) is 6.86. The van der Waals surface area contributed by atoms with Gasteiger partial charge in [0.1, 0.15) is 0 Å². The van der Waals surface area contributed by atoms with Crippen LogP contribution in [0.15, 0.2) is 0 Å². The van der Waals surface area contributed by atoms with Crippen molar-refractivity contribution in [2.75, 3.05) is 19.6 Å². The molecule has 0 aromatic heterocycles. The average Bonchev–Trinajstić information content (AvgIpc) is 2.89. The predicted molar refractivity (Wildman–Crippen MR) is 73.8 cm³/mol. The zero-order chi connectivity index (χ0) is 12.6. The minimum Gasteiger partial charge on any atom is -0.370 e. The standard InChI is InChI=1S/C15H28N2O/c1-12-9-17(10-13(2)16-12)11-14-5-8-15(18-14)6-3-4-7-15/h12-14,16H,3-11H2,1-2H3. The van der Waals surface area contributed by atoms with Crippen molar-refractivity contribution in [1.29, 1.82) is 0 Å². The van der Waals surface area contributed by atoms with Crippen molar-refractivity contribution in [2.24, 2.45) is 0 Å². The van der Waals surface area contributed by atoms with Gasteiger partial charge in [-0.2, -0.15) is 0 Å². The summed E-state index contributed by atoms with van der Waals surface area (Å²) in [6.45, 7) is 8.08. The first-order valence-electron chi connectivity index (χ1n) is 7.81. The Balaban J connectivity index is 1.51. The molecular formula is C15H28N2O. The molecule has 104 valence electrons. The van der Waals surface area contributed by atoms with E-state index in [0.717, 1.165) is 6.54 Å². The van der Waals surface area contributed by atoms with Gasteiger partial charge in [0.2, 0.25) is 0 Å². The maximum atomic E-state index is 6.42. The Bertz CT molecular complexity index is 278. The molecule has 0 aromatic carbocycles. The highest BCUT2D eigenvalue weighted by Gasteiger charge is 2.42. The van der Waals surface area contributed by atoms with E-state index in [-0.39, 0.29) is 0 Å². The fourth-order valence-electron chi connectivity index (χ4n) is 4.29. The summed E-state index contributed by atoms with van der Waals surface area (Å²) in [6, 6.07) is 1.24. The van der Waals surface area contributed by atoms with Gasteiger partial charge in [-0.05, 0) is 39.5 Å². The van der Waals surface area contributed by atoms with Gasteiger partial charge in [0.05, 0.1) is 11.7 Å². The molecule has 2 aliphatic heterocycles. The third-order valence-corrected chi connectivity index (χ3v) is 4.95. The number of nitrogens with one attached hydrogen (secondary N) is 1. The molecular weight excluding hydrogens is 224 g/mol. The summed E-state index contributed by atoms with van der Waals surface area (Å²) in [4.78, 5) is 2.60. The van der Waals surface area contributed by atoms with E-state index in [2.05, 4.69) is 24.1 Å². The van der Waals surface area contributed by atoms with E-state index in [9.17, 15) is 0 Å². The van der Waals surface area contributed by atoms with Gasteiger partial charge in [0, 0.05) is 31.7 Å². The predicted octanol–water partition coefficient (Wildman–Crippen LogP) is 2.16. The monoisotopic (exact) mass is 252 g/mol. The average molecular weight is 252 g/mol. The van der Waals surface area contributed by atoms with Crippen molar-refractivity contribution in [1.82, 2.24) is 10.2 Å². The van der Waals surface area contributed by atoms with Crippen LogP contribution in [0.1, 0.15) is 52.4 Å². The molecule has 0 amide bonds. The Kier molecular flexibility index (Phi) is 3.65. The van der Waals surface area contributed by atoms with Crippen LogP contribution in [-0.4, -0.2) is 48.3 Å². The number of hydrogen-bond acceptors (Lipinski definition) is 3. The summed E-state index contributed by atoms with van der Waals surface area (Å²) in [7, 11) is 0. The molecule has 0 bridgehead atoms. The highest BCUT2D eigenvalue weighted by molar-refractivity contribution is 4.94. The van der Waals surface area contributed by atoms with Crippen molar-refractivity contribution in [3.05, 3.63) is 0 Å². The molecule has 1 saturated carbocycles. The lowest BCUT2D eigenvalue weighted by molar-refractivity contribution is -0.0503. The Morgan fingerprint density at radius 1 is 1.11 bits per heavy atom. The second kappa shape index (κ2) is 5.10. The van der Waals surface area contributed by atoms with Crippen LogP contribution in [0, 0.1) is 0 Å². The highest BCUT2D eigenvalue weighted by Crippen LogP contribution is 2.43. The van der Waals surface area contributed by atoms with E-state index in [1.807, 2.05) is 0 Å². The van der Waals surface area contributed by atoms with Crippen LogP contribution in [0.2, 0.25) is 0 Å². The minimum atomic E-state index is 0.302. The molecule has 3 fully saturated rings. The van der Waals surface area contributed by atoms with Gasteiger partial charge >= 0.3 is 0 Å². The van der Waals surface area contributed by atoms with Crippen LogP contribution < -0.4 is 5.32 Å². The maximum Gasteiger partial charge on any atom is 0.0710 e. The van der Waals surface area contributed by atoms with Crippen LogP contribution in [0.3, 0.4) is 0 Å². The number of piperazine rings is 1. The lowest BCUT2D eigenvalue weighted by Gasteiger charge is -2.37. The number of nitrogens with zero attached hydrogens (tertiary/aromatic N) is 1. The van der Waals surface area contributed by atoms with Gasteiger partial charge in [-0.25, -0.2) is 0 Å². The second-order valence-electron chi connectivity index (χ2n) is 6.86. The third kappa shape index (κ3) is 2.73. The molecule has 3 aliphatic rings. The Morgan fingerprint density at radius 2 is 1.78 bits per heavy atom. The number of hydrogen-bond donors (Lipinski definition) is 1. The van der Waals surface area contributed by atoms with Crippen LogP contribution in [0.25, 0.3) is 0 Å². The first-order chi connectivity index (χ1) is 8.65. The van der Waals surface area contributed by atoms with Crippen molar-refractivity contribution in [3.63, 3.8) is 0 Å². The molecule has 1 spiro atoms. The van der Waals surface area contributed by atoms with Crippen LogP contribution in [0.4, 0.5) is 0 Å². The molecule has 0 radical (unpaired) electrons. The lowest BCUT2D eigenvalue weighted by atomic mass is 9.98. The van der Waals surface area contributed by atoms with Gasteiger partial charge in [-0.15, -0.1) is 0 Å². The summed E-state index contributed by atoms with van der Waals surface area (Å²) in [6.07, 6.45) is 8.50. The summed E-state index contributed by atoms with van der Waals surface area (Å²) in [5, 5.41) is 3.60. The van der Waals surface area contributed by atoms with E-state index in [4.69, 9.17) is 4.74 Å². The largest absolute Gasteiger partial charge is 0.370 e. The topological polar surface area (TPSA) is 24.5 Å². The van der Waals surface area contributed by atoms with E-state index in [1.54, 1.807) is 0 Å². The Labute approximate surface area is 111 Å². The van der Waals surface area contributed by atoms with Crippen molar-refractivity contribution >= 4 is 0 Å². The van der Waals surface area contributed by atoms with Gasteiger partial charge < -0.3 is 10.1 Å². The van der Waals surface area contributed by atoms with Gasteiger partial charge in [0.15, 0.2) is 0 Å². The Hall–Kier alpha value is -0.120. The first-order valence-corrected chi connectivity index (χ1v) is 7.81. The van der Waals surface area contributed by atoms with E-state index < -0.39 is 0 Å². The van der Waals surface area contributed by atoms with Crippen LogP contribution >= 0.6 is 0 Å². The fourth-order valence-corrected chi connectivity index (χ4v) is 4.29. The molecule has 3 heteroatoms. The quantitative estimate of drug-likeness (QED) is 0.815. The third-order valence-electron chi connectivity index (χ3n) is 4.95. The molecule has 3 rings (SSSR count). The lowest BCUT2D eigenvalue weighted by Crippen LogP contribution is -2.55. The fraction of sp³-hybridized carbons (Fsp3) is 1.00. The zero-order valence-corrected chi connectivity index (χ0v) is 12.0. The summed E-state index contributed by atoms with van der Waals surface area (Å²) < 4.78 is 6.42. The molecule has 18 heavy (non-hydrogen) atoms. The van der Waals surface area contributed by atoms with E-state index >= 15 is 0 Å². The molecule has 3 nitrogen and oxygen atoms in total. The van der Waals surface area contributed by atoms with Gasteiger partial charge in [0.25, 0.3) is 0 Å². The molecule has 1 aliphatic carbocycles. The number of rotatable bonds is 2. The molecule has 2 saturated heterocycles. The molecule has 2 heterocycles. The van der Waals surface area contributed by atoms with Crippen LogP contribution in [-0.2, 0) is 4.74 Å². The van der Waals surface area contributed by atoms with Gasteiger partial charge in [-0.1, -0.05) is 12.8 Å². The van der Waals surface area contributed by atoms with Crippen molar-refractivity contribution in [3.8, 4) is 0 Å². The zero-order valence-electron chi connectivity index (χ0n) is 12.0. The summed E-state index contributed by atoms with van der Waals surface area (Å²) >= 11 is 0. The maximum absolute atomic E-state index is 6.42. The highest BCUT2D eigenvalue weighted by atomic mass is 16.5. The molecule has 1 N–H and O–H groups in total. The first kappa shape index (κ1) is 12.9. The van der Waals surface area contributed by atoms with Crippen LogP contribution in [0.5, 0.6) is 0 Å². The Morgan fingerprint density at radius 3 is 2.44 bits per heavy atom. The normalized spacial score (nSPS) is 40.7. The SMILES string of the molecule is CC1CN(CC2CCC3(CCCC3)O2)CC(C)N1. The molecule has 0 aromatic rings. The smallest absolute Gasteiger partial charge is 0.0710 e. The van der Waals surface area contributed by atoms with Crippen molar-refractivity contribution < 1.29 is 4.74 Å². The number of ether oxygens (including phenoxy) is 1. The van der Waals surface area contributed by atoms with Gasteiger partial charge in [-0.3, -0.25) is 4.90 Å². The molecule has 3 atom stereocenters. The van der Waals surface area contributed by atoms with E-state index in [1.165, 1.54) is 51.6 Å². The summed E-state index contributed by atoms with van der Waals surface area (Å²) in [5.41, 5.74) is 0.302. The molecule has 3 unspecified atom stereocenters. The minimum absolute atomic E-state index is 0.302. The summed E-state index contributed by atoms with van der Waals surface area (Å²) in [5.74, 6) is 0. The van der Waals surface area contributed by atoms with Crippen molar-refractivity contribution in [2.45, 2.75) is 76.2 Å². The van der Waals surface area contributed by atoms with E-state index in [0.29, 0.717) is 23.8 Å².